The maximum Gasteiger partial charge on any atom is 0.250 e. The zero-order chi connectivity index (χ0) is 11.1. The van der Waals surface area contributed by atoms with Crippen molar-refractivity contribution in [3.05, 3.63) is 15.9 Å². The molecule has 1 aromatic rings. The minimum atomic E-state index is -3.34. The molecular formula is C8H12BrClN2O2S2. The summed E-state index contributed by atoms with van der Waals surface area (Å²) in [6.45, 7) is 0. The Hall–Kier alpha value is 0.340. The van der Waals surface area contributed by atoms with Gasteiger partial charge in [0.1, 0.15) is 4.21 Å². The summed E-state index contributed by atoms with van der Waals surface area (Å²) >= 11 is 4.44. The third-order valence-corrected chi connectivity index (χ3v) is 5.95. The van der Waals surface area contributed by atoms with Crippen molar-refractivity contribution in [1.29, 1.82) is 0 Å². The van der Waals surface area contributed by atoms with Gasteiger partial charge >= 0.3 is 0 Å². The smallest absolute Gasteiger partial charge is 0.250 e. The molecule has 4 nitrogen and oxygen atoms in total. The molecule has 3 N–H and O–H groups in total. The first-order chi connectivity index (χ1) is 6.97. The minimum absolute atomic E-state index is 0. The van der Waals surface area contributed by atoms with Crippen molar-refractivity contribution in [2.45, 2.75) is 29.1 Å². The maximum absolute atomic E-state index is 11.8. The van der Waals surface area contributed by atoms with Gasteiger partial charge in [-0.25, -0.2) is 13.1 Å². The summed E-state index contributed by atoms with van der Waals surface area (Å²) in [6.07, 6.45) is 1.46. The predicted octanol–water partition coefficient (Wildman–Crippen LogP) is 1.70. The average molecular weight is 348 g/mol. The molecule has 2 rings (SSSR count). The summed E-state index contributed by atoms with van der Waals surface area (Å²) in [4.78, 5) is 0. The summed E-state index contributed by atoms with van der Waals surface area (Å²) < 4.78 is 27.4. The summed E-state index contributed by atoms with van der Waals surface area (Å²) in [7, 11) is -3.34. The summed E-state index contributed by atoms with van der Waals surface area (Å²) in [5.74, 6) is 0. The van der Waals surface area contributed by atoms with Crippen LogP contribution in [0.3, 0.4) is 0 Å². The van der Waals surface area contributed by atoms with Crippen LogP contribution in [-0.2, 0) is 10.0 Å². The lowest BCUT2D eigenvalue weighted by Gasteiger charge is -2.32. The predicted molar refractivity (Wildman–Crippen MR) is 70.6 cm³/mol. The van der Waals surface area contributed by atoms with Gasteiger partial charge in [-0.15, -0.1) is 23.7 Å². The molecule has 0 unspecified atom stereocenters. The van der Waals surface area contributed by atoms with Crippen molar-refractivity contribution in [3.63, 3.8) is 0 Å². The fourth-order valence-corrected chi connectivity index (χ4v) is 4.77. The molecule has 0 atom stereocenters. The van der Waals surface area contributed by atoms with Crippen molar-refractivity contribution in [2.24, 2.45) is 5.73 Å². The largest absolute Gasteiger partial charge is 0.328 e. The Bertz CT molecular complexity index is 456. The number of sulfonamides is 1. The van der Waals surface area contributed by atoms with Crippen LogP contribution in [-0.4, -0.2) is 20.5 Å². The Kier molecular flexibility index (Phi) is 4.79. The first-order valence-electron chi connectivity index (χ1n) is 4.50. The molecule has 1 saturated carbocycles. The highest BCUT2D eigenvalue weighted by Crippen LogP contribution is 2.27. The van der Waals surface area contributed by atoms with Crippen LogP contribution in [0.5, 0.6) is 0 Å². The quantitative estimate of drug-likeness (QED) is 0.874. The maximum atomic E-state index is 11.8. The van der Waals surface area contributed by atoms with Crippen LogP contribution >= 0.6 is 39.7 Å². The number of nitrogens with one attached hydrogen (secondary N) is 1. The second-order valence-electron chi connectivity index (χ2n) is 3.61. The summed E-state index contributed by atoms with van der Waals surface area (Å²) in [6, 6.07) is 3.47. The Morgan fingerprint density at radius 2 is 2.06 bits per heavy atom. The van der Waals surface area contributed by atoms with Gasteiger partial charge in [0.15, 0.2) is 0 Å². The van der Waals surface area contributed by atoms with Crippen LogP contribution < -0.4 is 10.5 Å². The van der Waals surface area contributed by atoms with Gasteiger partial charge in [0.2, 0.25) is 10.0 Å². The monoisotopic (exact) mass is 346 g/mol. The van der Waals surface area contributed by atoms with Crippen LogP contribution in [0.25, 0.3) is 0 Å². The molecule has 0 aromatic carbocycles. The Morgan fingerprint density at radius 1 is 1.44 bits per heavy atom. The number of rotatable bonds is 3. The van der Waals surface area contributed by atoms with Crippen LogP contribution in [0, 0.1) is 0 Å². The molecular weight excluding hydrogens is 336 g/mol. The lowest BCUT2D eigenvalue weighted by atomic mass is 9.89. The first kappa shape index (κ1) is 14.4. The van der Waals surface area contributed by atoms with E-state index in [1.165, 1.54) is 11.3 Å². The second-order valence-corrected chi connectivity index (χ2v) is 8.01. The molecule has 1 aliphatic rings. The molecule has 1 aliphatic carbocycles. The Labute approximate surface area is 113 Å². The van der Waals surface area contributed by atoms with Gasteiger partial charge in [-0.3, -0.25) is 0 Å². The fourth-order valence-electron chi connectivity index (χ4n) is 1.48. The van der Waals surface area contributed by atoms with Gasteiger partial charge in [0, 0.05) is 12.1 Å². The van der Waals surface area contributed by atoms with Crippen molar-refractivity contribution >= 4 is 49.7 Å². The summed E-state index contributed by atoms with van der Waals surface area (Å²) in [5.41, 5.74) is 5.59. The number of hydrogen-bond donors (Lipinski definition) is 2. The van der Waals surface area contributed by atoms with E-state index >= 15 is 0 Å². The normalized spacial score (nSPS) is 24.6. The third-order valence-electron chi connectivity index (χ3n) is 2.31. The van der Waals surface area contributed by atoms with E-state index in [1.54, 1.807) is 12.1 Å². The highest BCUT2D eigenvalue weighted by Gasteiger charge is 2.30. The molecule has 8 heteroatoms. The van der Waals surface area contributed by atoms with E-state index in [-0.39, 0.29) is 24.5 Å². The number of nitrogens with two attached hydrogens (primary N) is 1. The second kappa shape index (κ2) is 5.32. The molecule has 0 radical (unpaired) electrons. The Balaban J connectivity index is 0.00000128. The van der Waals surface area contributed by atoms with Crippen molar-refractivity contribution in [3.8, 4) is 0 Å². The molecule has 0 spiro atoms. The molecule has 0 bridgehead atoms. The molecule has 1 heterocycles. The van der Waals surface area contributed by atoms with E-state index in [4.69, 9.17) is 5.73 Å². The number of hydrogen-bond acceptors (Lipinski definition) is 4. The van der Waals surface area contributed by atoms with Crippen molar-refractivity contribution in [2.75, 3.05) is 0 Å². The highest BCUT2D eigenvalue weighted by molar-refractivity contribution is 9.11. The lowest BCUT2D eigenvalue weighted by molar-refractivity contribution is 0.327. The molecule has 16 heavy (non-hydrogen) atoms. The van der Waals surface area contributed by atoms with E-state index in [0.717, 1.165) is 16.6 Å². The van der Waals surface area contributed by atoms with E-state index in [1.807, 2.05) is 0 Å². The molecule has 0 saturated heterocycles. The van der Waals surface area contributed by atoms with Crippen molar-refractivity contribution < 1.29 is 8.42 Å². The van der Waals surface area contributed by atoms with Gasteiger partial charge in [0.05, 0.1) is 3.79 Å². The molecule has 1 fully saturated rings. The van der Waals surface area contributed by atoms with Gasteiger partial charge in [-0.1, -0.05) is 0 Å². The SMILES string of the molecule is Cl.NC1CC(NS(=O)(=O)c2ccc(Br)s2)C1. The third kappa shape index (κ3) is 3.18. The first-order valence-corrected chi connectivity index (χ1v) is 7.60. The average Bonchev–Trinajstić information content (AvgIpc) is 2.49. The fraction of sp³-hybridized carbons (Fsp3) is 0.500. The molecule has 92 valence electrons. The van der Waals surface area contributed by atoms with Crippen LogP contribution in [0.2, 0.25) is 0 Å². The molecule has 0 aliphatic heterocycles. The zero-order valence-electron chi connectivity index (χ0n) is 8.22. The zero-order valence-corrected chi connectivity index (χ0v) is 12.3. The van der Waals surface area contributed by atoms with Gasteiger partial charge < -0.3 is 5.73 Å². The van der Waals surface area contributed by atoms with Gasteiger partial charge in [0.25, 0.3) is 0 Å². The topological polar surface area (TPSA) is 72.2 Å². The number of halogens is 2. The molecule has 0 amide bonds. The van der Waals surface area contributed by atoms with Gasteiger partial charge in [-0.2, -0.15) is 0 Å². The Morgan fingerprint density at radius 3 is 2.50 bits per heavy atom. The van der Waals surface area contributed by atoms with E-state index < -0.39 is 10.0 Å². The van der Waals surface area contributed by atoms with Gasteiger partial charge in [-0.05, 0) is 40.9 Å². The van der Waals surface area contributed by atoms with E-state index in [0.29, 0.717) is 4.21 Å². The minimum Gasteiger partial charge on any atom is -0.328 e. The van der Waals surface area contributed by atoms with Crippen LogP contribution in [0.1, 0.15) is 12.8 Å². The summed E-state index contributed by atoms with van der Waals surface area (Å²) in [5, 5.41) is 0. The standard InChI is InChI=1S/C8H11BrN2O2S2.ClH/c9-7-1-2-8(14-7)15(12,13)11-6-3-5(10)4-6;/h1-2,5-6,11H,3-4,10H2;1H. The molecule has 1 aromatic heterocycles. The highest BCUT2D eigenvalue weighted by atomic mass is 79.9. The van der Waals surface area contributed by atoms with Crippen molar-refractivity contribution in [1.82, 2.24) is 4.72 Å². The van der Waals surface area contributed by atoms with E-state index in [9.17, 15) is 8.42 Å². The number of thiophene rings is 1. The van der Waals surface area contributed by atoms with E-state index in [2.05, 4.69) is 20.7 Å². The van der Waals surface area contributed by atoms with Crippen LogP contribution in [0.4, 0.5) is 0 Å². The van der Waals surface area contributed by atoms with Crippen LogP contribution in [0.15, 0.2) is 20.1 Å². The lowest BCUT2D eigenvalue weighted by Crippen LogP contribution is -2.50.